The lowest BCUT2D eigenvalue weighted by atomic mass is 10.1. The minimum absolute atomic E-state index is 0.130. The molecule has 0 atom stereocenters. The number of para-hydroxylation sites is 1. The van der Waals surface area contributed by atoms with Gasteiger partial charge in [0.05, 0.1) is 11.6 Å². The van der Waals surface area contributed by atoms with Crippen LogP contribution in [0.15, 0.2) is 36.4 Å². The highest BCUT2D eigenvalue weighted by Gasteiger charge is 2.06. The van der Waals surface area contributed by atoms with E-state index in [-0.39, 0.29) is 5.75 Å². The number of ether oxygens (including phenoxy) is 1. The number of nitrogens with one attached hydrogen (secondary N) is 1. The Bertz CT molecular complexity index is 599. The van der Waals surface area contributed by atoms with Crippen LogP contribution in [0.4, 0.5) is 5.69 Å². The van der Waals surface area contributed by atoms with Gasteiger partial charge in [-0.25, -0.2) is 0 Å². The highest BCUT2D eigenvalue weighted by atomic mass is 35.5. The van der Waals surface area contributed by atoms with E-state index in [1.54, 1.807) is 6.07 Å². The normalized spacial score (nSPS) is 10.3. The van der Waals surface area contributed by atoms with Gasteiger partial charge in [0.25, 0.3) is 0 Å². The van der Waals surface area contributed by atoms with Crippen molar-refractivity contribution in [1.29, 1.82) is 0 Å². The number of aromatic hydroxyl groups is 1. The Balaban J connectivity index is 2.09. The molecule has 4 heteroatoms. The fourth-order valence-corrected chi connectivity index (χ4v) is 2.18. The molecule has 0 spiro atoms. The average Bonchev–Trinajstić information content (AvgIpc) is 2.42. The van der Waals surface area contributed by atoms with E-state index in [0.717, 1.165) is 22.6 Å². The van der Waals surface area contributed by atoms with E-state index in [4.69, 9.17) is 16.3 Å². The quantitative estimate of drug-likeness (QED) is 0.860. The van der Waals surface area contributed by atoms with Gasteiger partial charge in [-0.15, -0.1) is 0 Å². The van der Waals surface area contributed by atoms with Crippen LogP contribution in [0.3, 0.4) is 0 Å². The maximum atomic E-state index is 9.87. The molecule has 0 bridgehead atoms. The molecule has 20 heavy (non-hydrogen) atoms. The Labute approximate surface area is 124 Å². The lowest BCUT2D eigenvalue weighted by molar-refractivity contribution is 0.340. The van der Waals surface area contributed by atoms with Crippen molar-refractivity contribution in [3.05, 3.63) is 52.5 Å². The highest BCUT2D eigenvalue weighted by molar-refractivity contribution is 6.32. The maximum Gasteiger partial charge on any atom is 0.139 e. The van der Waals surface area contributed by atoms with Crippen molar-refractivity contribution in [2.24, 2.45) is 0 Å². The Hall–Kier alpha value is -1.87. The molecule has 0 radical (unpaired) electrons. The standard InChI is InChI=1S/C16H18ClNO2/c1-3-20-13-7-8-15(11(2)9-13)18-10-12-5-4-6-14(17)16(12)19/h4-9,18-19H,3,10H2,1-2H3. The largest absolute Gasteiger partial charge is 0.506 e. The van der Waals surface area contributed by atoms with Gasteiger partial charge in [0.1, 0.15) is 11.5 Å². The van der Waals surface area contributed by atoms with Crippen LogP contribution in [0.1, 0.15) is 18.1 Å². The summed E-state index contributed by atoms with van der Waals surface area (Å²) in [7, 11) is 0. The van der Waals surface area contributed by atoms with E-state index in [1.807, 2.05) is 44.2 Å². The second-order valence-corrected chi connectivity index (χ2v) is 4.92. The van der Waals surface area contributed by atoms with Gasteiger partial charge in [-0.3, -0.25) is 0 Å². The second-order valence-electron chi connectivity index (χ2n) is 4.51. The number of anilines is 1. The minimum Gasteiger partial charge on any atom is -0.506 e. The van der Waals surface area contributed by atoms with E-state index >= 15 is 0 Å². The molecule has 0 aliphatic heterocycles. The monoisotopic (exact) mass is 291 g/mol. The Morgan fingerprint density at radius 1 is 1.25 bits per heavy atom. The SMILES string of the molecule is CCOc1ccc(NCc2cccc(Cl)c2O)c(C)c1. The molecule has 2 N–H and O–H groups in total. The molecule has 106 valence electrons. The molecule has 0 unspecified atom stereocenters. The van der Waals surface area contributed by atoms with Gasteiger partial charge >= 0.3 is 0 Å². The summed E-state index contributed by atoms with van der Waals surface area (Å²) in [6.07, 6.45) is 0. The van der Waals surface area contributed by atoms with Crippen molar-refractivity contribution in [3.8, 4) is 11.5 Å². The Morgan fingerprint density at radius 2 is 2.05 bits per heavy atom. The first-order chi connectivity index (χ1) is 9.61. The first-order valence-corrected chi connectivity index (χ1v) is 6.93. The lowest BCUT2D eigenvalue weighted by Gasteiger charge is -2.12. The first-order valence-electron chi connectivity index (χ1n) is 6.55. The Kier molecular flexibility index (Phi) is 4.74. The molecular formula is C16H18ClNO2. The highest BCUT2D eigenvalue weighted by Crippen LogP contribution is 2.28. The molecular weight excluding hydrogens is 274 g/mol. The maximum absolute atomic E-state index is 9.87. The average molecular weight is 292 g/mol. The number of hydrogen-bond donors (Lipinski definition) is 2. The van der Waals surface area contributed by atoms with Gasteiger partial charge < -0.3 is 15.2 Å². The molecule has 0 aliphatic carbocycles. The lowest BCUT2D eigenvalue weighted by Crippen LogP contribution is -2.02. The number of aryl methyl sites for hydroxylation is 1. The number of phenols is 1. The van der Waals surface area contributed by atoms with Crippen molar-refractivity contribution in [3.63, 3.8) is 0 Å². The predicted molar refractivity (Wildman–Crippen MR) is 82.8 cm³/mol. The summed E-state index contributed by atoms with van der Waals surface area (Å²) in [6, 6.07) is 11.2. The van der Waals surface area contributed by atoms with Crippen LogP contribution in [0.25, 0.3) is 0 Å². The zero-order valence-corrected chi connectivity index (χ0v) is 12.4. The number of phenolic OH excluding ortho intramolecular Hbond substituents is 1. The van der Waals surface area contributed by atoms with Crippen LogP contribution >= 0.6 is 11.6 Å². The van der Waals surface area contributed by atoms with E-state index in [2.05, 4.69) is 5.32 Å². The van der Waals surface area contributed by atoms with Crippen molar-refractivity contribution in [2.45, 2.75) is 20.4 Å². The summed E-state index contributed by atoms with van der Waals surface area (Å²) in [5.41, 5.74) is 2.87. The predicted octanol–water partition coefficient (Wildman–Crippen LogP) is 4.36. The molecule has 0 saturated heterocycles. The topological polar surface area (TPSA) is 41.5 Å². The summed E-state index contributed by atoms with van der Waals surface area (Å²) < 4.78 is 5.45. The number of hydrogen-bond acceptors (Lipinski definition) is 3. The summed E-state index contributed by atoms with van der Waals surface area (Å²) >= 11 is 5.89. The van der Waals surface area contributed by atoms with Crippen LogP contribution < -0.4 is 10.1 Å². The number of rotatable bonds is 5. The molecule has 2 rings (SSSR count). The zero-order chi connectivity index (χ0) is 14.5. The van der Waals surface area contributed by atoms with Gasteiger partial charge in [0, 0.05) is 17.8 Å². The molecule has 0 aromatic heterocycles. The summed E-state index contributed by atoms with van der Waals surface area (Å²) in [5, 5.41) is 13.5. The van der Waals surface area contributed by atoms with Crippen LogP contribution in [-0.2, 0) is 6.54 Å². The third kappa shape index (κ3) is 3.36. The molecule has 0 fully saturated rings. The van der Waals surface area contributed by atoms with Gasteiger partial charge in [0.15, 0.2) is 0 Å². The third-order valence-electron chi connectivity index (χ3n) is 3.05. The molecule has 2 aromatic rings. The molecule has 2 aromatic carbocycles. The minimum atomic E-state index is 0.130. The smallest absolute Gasteiger partial charge is 0.139 e. The van der Waals surface area contributed by atoms with Gasteiger partial charge in [-0.1, -0.05) is 23.7 Å². The van der Waals surface area contributed by atoms with Crippen LogP contribution in [0.2, 0.25) is 5.02 Å². The van der Waals surface area contributed by atoms with Crippen molar-refractivity contribution in [2.75, 3.05) is 11.9 Å². The van der Waals surface area contributed by atoms with Crippen LogP contribution in [0, 0.1) is 6.92 Å². The van der Waals surface area contributed by atoms with E-state index < -0.39 is 0 Å². The summed E-state index contributed by atoms with van der Waals surface area (Å²) in [4.78, 5) is 0. The number of halogens is 1. The molecule has 0 aliphatic rings. The van der Waals surface area contributed by atoms with Gasteiger partial charge in [-0.05, 0) is 43.7 Å². The molecule has 0 saturated carbocycles. The first kappa shape index (κ1) is 14.5. The van der Waals surface area contributed by atoms with E-state index in [1.165, 1.54) is 0 Å². The summed E-state index contributed by atoms with van der Waals surface area (Å²) in [5.74, 6) is 0.992. The van der Waals surface area contributed by atoms with Gasteiger partial charge in [-0.2, -0.15) is 0 Å². The third-order valence-corrected chi connectivity index (χ3v) is 3.35. The van der Waals surface area contributed by atoms with Gasteiger partial charge in [0.2, 0.25) is 0 Å². The Morgan fingerprint density at radius 3 is 2.75 bits per heavy atom. The van der Waals surface area contributed by atoms with Crippen molar-refractivity contribution >= 4 is 17.3 Å². The van der Waals surface area contributed by atoms with Crippen molar-refractivity contribution in [1.82, 2.24) is 0 Å². The van der Waals surface area contributed by atoms with E-state index in [9.17, 15) is 5.11 Å². The molecule has 0 heterocycles. The van der Waals surface area contributed by atoms with Crippen LogP contribution in [-0.4, -0.2) is 11.7 Å². The number of benzene rings is 2. The fraction of sp³-hybridized carbons (Fsp3) is 0.250. The summed E-state index contributed by atoms with van der Waals surface area (Å²) in [6.45, 7) is 5.15. The molecule has 0 amide bonds. The van der Waals surface area contributed by atoms with Crippen LogP contribution in [0.5, 0.6) is 11.5 Å². The van der Waals surface area contributed by atoms with Crippen molar-refractivity contribution < 1.29 is 9.84 Å². The zero-order valence-electron chi connectivity index (χ0n) is 11.6. The fourth-order valence-electron chi connectivity index (χ4n) is 1.98. The molecule has 3 nitrogen and oxygen atoms in total. The second kappa shape index (κ2) is 6.53. The van der Waals surface area contributed by atoms with E-state index in [0.29, 0.717) is 18.2 Å².